The van der Waals surface area contributed by atoms with Crippen molar-refractivity contribution in [1.82, 2.24) is 15.5 Å². The van der Waals surface area contributed by atoms with E-state index in [1.807, 2.05) is 12.1 Å². The molecule has 4 aliphatic rings. The van der Waals surface area contributed by atoms with Crippen molar-refractivity contribution in [2.75, 3.05) is 40.3 Å². The Balaban J connectivity index is 1.33. The van der Waals surface area contributed by atoms with Gasteiger partial charge in [-0.1, -0.05) is 12.6 Å². The summed E-state index contributed by atoms with van der Waals surface area (Å²) in [6.45, 7) is 6.68. The first-order valence-corrected chi connectivity index (χ1v) is 14.6. The average molecular weight is 599 g/mol. The van der Waals surface area contributed by atoms with Crippen LogP contribution in [0, 0.1) is 0 Å². The van der Waals surface area contributed by atoms with Gasteiger partial charge in [0.15, 0.2) is 23.4 Å². The lowest BCUT2D eigenvalue weighted by molar-refractivity contribution is -0.944. The predicted octanol–water partition coefficient (Wildman–Crippen LogP) is -0.333. The van der Waals surface area contributed by atoms with Crippen LogP contribution in [-0.4, -0.2) is 108 Å². The first kappa shape index (κ1) is 30.5. The Hall–Kier alpha value is -3.97. The van der Waals surface area contributed by atoms with Gasteiger partial charge in [0.25, 0.3) is 0 Å². The molecule has 1 spiro atoms. The van der Waals surface area contributed by atoms with Crippen LogP contribution in [0.3, 0.4) is 0 Å². The molecule has 5 rings (SSSR count). The second kappa shape index (κ2) is 10.9. The van der Waals surface area contributed by atoms with Crippen molar-refractivity contribution in [3.63, 3.8) is 0 Å². The second-order valence-electron chi connectivity index (χ2n) is 12.4. The molecule has 2 bridgehead atoms. The quantitative estimate of drug-likeness (QED) is 0.209. The topological polar surface area (TPSA) is 177 Å². The SMILES string of the molecule is C=CC[N+]1(C)CC[C@]23c4c5ccc(OC(=O)N(C)CCNC(=O)[C@H](CC(N)=O)NC(C)=O)c4O[C@H]2C(=O)CC[C@@]3(O)[C@@H]1C5. The van der Waals surface area contributed by atoms with Gasteiger partial charge in [0.2, 0.25) is 17.7 Å². The maximum atomic E-state index is 13.3. The third kappa shape index (κ3) is 4.84. The Kier molecular flexibility index (Phi) is 7.76. The molecule has 1 saturated heterocycles. The van der Waals surface area contributed by atoms with Crippen molar-refractivity contribution in [3.8, 4) is 11.5 Å². The van der Waals surface area contributed by atoms with Gasteiger partial charge in [-0.15, -0.1) is 0 Å². The van der Waals surface area contributed by atoms with Crippen molar-refractivity contribution in [2.24, 2.45) is 5.73 Å². The van der Waals surface area contributed by atoms with Crippen molar-refractivity contribution in [2.45, 2.75) is 68.2 Å². The van der Waals surface area contributed by atoms with Gasteiger partial charge in [0.05, 0.1) is 32.0 Å². The van der Waals surface area contributed by atoms with Gasteiger partial charge in [-0.05, 0) is 24.1 Å². The van der Waals surface area contributed by atoms with E-state index in [9.17, 15) is 29.1 Å². The number of primary amides is 1. The molecule has 13 heteroatoms. The summed E-state index contributed by atoms with van der Waals surface area (Å²) in [4.78, 5) is 62.7. The lowest BCUT2D eigenvalue weighted by Crippen LogP contribution is -2.80. The van der Waals surface area contributed by atoms with Crippen molar-refractivity contribution in [3.05, 3.63) is 35.9 Å². The first-order valence-electron chi connectivity index (χ1n) is 14.6. The fourth-order valence-electron chi connectivity index (χ4n) is 7.80. The van der Waals surface area contributed by atoms with Crippen LogP contribution in [0.15, 0.2) is 24.8 Å². The van der Waals surface area contributed by atoms with Gasteiger partial charge in [-0.3, -0.25) is 19.2 Å². The highest BCUT2D eigenvalue weighted by atomic mass is 16.6. The molecule has 1 aromatic rings. The van der Waals surface area contributed by atoms with E-state index in [4.69, 9.17) is 15.2 Å². The number of likely N-dealkylation sites (tertiary alicyclic amines) is 1. The molecule has 4 amide bonds. The highest BCUT2D eigenvalue weighted by molar-refractivity contribution is 5.91. The third-order valence-corrected chi connectivity index (χ3v) is 9.79. The molecule has 13 nitrogen and oxygen atoms in total. The van der Waals surface area contributed by atoms with E-state index in [0.29, 0.717) is 36.0 Å². The van der Waals surface area contributed by atoms with Crippen LogP contribution < -0.4 is 25.8 Å². The van der Waals surface area contributed by atoms with Gasteiger partial charge in [-0.2, -0.15) is 0 Å². The number of piperidine rings is 1. The molecule has 6 atom stereocenters. The number of carbonyl (C=O) groups is 5. The zero-order valence-corrected chi connectivity index (χ0v) is 24.8. The number of nitrogens with one attached hydrogen (secondary N) is 2. The number of likely N-dealkylation sites (N-methyl/N-ethyl adjacent to an activating group) is 2. The molecular weight excluding hydrogens is 558 g/mol. The highest BCUT2D eigenvalue weighted by Crippen LogP contribution is 2.65. The number of carbonyl (C=O) groups excluding carboxylic acids is 5. The van der Waals surface area contributed by atoms with Crippen molar-refractivity contribution < 1.29 is 43.0 Å². The maximum absolute atomic E-state index is 13.3. The molecular formula is C30H40N5O8+. The van der Waals surface area contributed by atoms with Gasteiger partial charge in [-0.25, -0.2) is 4.79 Å². The number of aliphatic hydroxyl groups is 1. The van der Waals surface area contributed by atoms with E-state index < -0.39 is 47.0 Å². The number of Topliss-reactive ketones (excluding diaryl/α,β-unsaturated/α-hetero) is 1. The summed E-state index contributed by atoms with van der Waals surface area (Å²) in [6, 6.07) is 2.30. The minimum absolute atomic E-state index is 0.0165. The number of hydrogen-bond donors (Lipinski definition) is 4. The van der Waals surface area contributed by atoms with Crippen LogP contribution in [0.1, 0.15) is 43.7 Å². The number of benzene rings is 1. The summed E-state index contributed by atoms with van der Waals surface area (Å²) in [5, 5.41) is 17.4. The van der Waals surface area contributed by atoms with E-state index >= 15 is 0 Å². The zero-order chi connectivity index (χ0) is 31.3. The summed E-state index contributed by atoms with van der Waals surface area (Å²) in [5.41, 5.74) is 4.85. The number of rotatable bonds is 10. The van der Waals surface area contributed by atoms with E-state index in [1.54, 1.807) is 6.07 Å². The standard InChI is InChI=1S/C30H39N5O8/c1-5-13-35(4)14-10-29-24-18-6-7-21(25(24)43-26(29)20(37)8-9-30(29,41)22(35)15-18)42-28(40)34(3)12-11-32-27(39)19(16-23(31)38)33-17(2)36/h5-7,19,22,26,41H,1,8-16H2,2-4H3,(H3-,31,32,33,36,38,39)/p+1/t19-,22-,26-,29-,30+,35?/m0/s1. The van der Waals surface area contributed by atoms with E-state index in [0.717, 1.165) is 17.7 Å². The molecule has 2 fully saturated rings. The van der Waals surface area contributed by atoms with Crippen LogP contribution in [0.5, 0.6) is 11.5 Å². The zero-order valence-electron chi connectivity index (χ0n) is 24.8. The van der Waals surface area contributed by atoms with Gasteiger partial charge in [0.1, 0.15) is 17.7 Å². The normalized spacial score (nSPS) is 30.3. The monoisotopic (exact) mass is 598 g/mol. The molecule has 2 heterocycles. The molecule has 0 aromatic heterocycles. The number of nitrogens with zero attached hydrogens (tertiary/aromatic N) is 2. The van der Waals surface area contributed by atoms with Crippen LogP contribution in [0.25, 0.3) is 0 Å². The molecule has 1 unspecified atom stereocenters. The highest BCUT2D eigenvalue weighted by Gasteiger charge is 2.76. The minimum atomic E-state index is -1.17. The molecule has 2 aliphatic heterocycles. The molecule has 5 N–H and O–H groups in total. The Morgan fingerprint density at radius 2 is 2.07 bits per heavy atom. The smallest absolute Gasteiger partial charge is 0.415 e. The number of hydrogen-bond acceptors (Lipinski definition) is 8. The predicted molar refractivity (Wildman–Crippen MR) is 153 cm³/mol. The number of quaternary nitrogens is 1. The lowest BCUT2D eigenvalue weighted by atomic mass is 9.48. The minimum Gasteiger partial charge on any atom is -0.477 e. The van der Waals surface area contributed by atoms with Crippen LogP contribution in [0.2, 0.25) is 0 Å². The lowest BCUT2D eigenvalue weighted by Gasteiger charge is -2.64. The molecule has 0 radical (unpaired) electrons. The average Bonchev–Trinajstić information content (AvgIpc) is 3.30. The van der Waals surface area contributed by atoms with E-state index in [1.165, 1.54) is 18.9 Å². The van der Waals surface area contributed by atoms with E-state index in [2.05, 4.69) is 24.3 Å². The number of nitrogens with two attached hydrogens (primary N) is 1. The Bertz CT molecular complexity index is 1380. The Morgan fingerprint density at radius 1 is 1.33 bits per heavy atom. The van der Waals surface area contributed by atoms with Crippen molar-refractivity contribution >= 4 is 29.6 Å². The van der Waals surface area contributed by atoms with E-state index in [-0.39, 0.29) is 43.5 Å². The second-order valence-corrected chi connectivity index (χ2v) is 12.4. The summed E-state index contributed by atoms with van der Waals surface area (Å²) in [7, 11) is 3.63. The van der Waals surface area contributed by atoms with Crippen LogP contribution in [0.4, 0.5) is 4.79 Å². The molecule has 43 heavy (non-hydrogen) atoms. The number of amides is 4. The largest absolute Gasteiger partial charge is 0.477 e. The van der Waals surface area contributed by atoms with Gasteiger partial charge < -0.3 is 40.3 Å². The van der Waals surface area contributed by atoms with Crippen LogP contribution in [-0.2, 0) is 31.0 Å². The third-order valence-electron chi connectivity index (χ3n) is 9.79. The summed E-state index contributed by atoms with van der Waals surface area (Å²) in [6.07, 6.45) is 1.65. The summed E-state index contributed by atoms with van der Waals surface area (Å²) in [5.74, 6) is -1.42. The molecule has 1 aromatic carbocycles. The van der Waals surface area contributed by atoms with Crippen LogP contribution >= 0.6 is 0 Å². The molecule has 1 saturated carbocycles. The van der Waals surface area contributed by atoms with Crippen molar-refractivity contribution in [1.29, 1.82) is 0 Å². The molecule has 232 valence electrons. The Labute approximate surface area is 249 Å². The Morgan fingerprint density at radius 3 is 2.74 bits per heavy atom. The summed E-state index contributed by atoms with van der Waals surface area (Å²) >= 11 is 0. The number of ketones is 1. The first-order chi connectivity index (χ1) is 20.3. The molecule has 2 aliphatic carbocycles. The van der Waals surface area contributed by atoms with Gasteiger partial charge in [0, 0.05) is 51.9 Å². The summed E-state index contributed by atoms with van der Waals surface area (Å²) < 4.78 is 12.7. The number of ether oxygens (including phenoxy) is 2. The fourth-order valence-corrected chi connectivity index (χ4v) is 7.80. The fraction of sp³-hybridized carbons (Fsp3) is 0.567. The van der Waals surface area contributed by atoms with Gasteiger partial charge >= 0.3 is 6.09 Å². The maximum Gasteiger partial charge on any atom is 0.415 e.